The van der Waals surface area contributed by atoms with Gasteiger partial charge >= 0.3 is 5.97 Å². The second-order valence-corrected chi connectivity index (χ2v) is 28.2. The lowest BCUT2D eigenvalue weighted by atomic mass is 10.0. The van der Waals surface area contributed by atoms with E-state index < -0.39 is 20.0 Å². The van der Waals surface area contributed by atoms with E-state index in [0.717, 1.165) is 83.5 Å². The van der Waals surface area contributed by atoms with Crippen molar-refractivity contribution >= 4 is 19.7 Å². The SMILES string of the molecule is CCCCC/C=C\C/C=C\C/C=C\CCCCCCCCCCCCCCCCC(=O)NC(COP(=O)([O-])OCC[N+](C)(C)C)C(/C=C/CCCCCCCCCCC)OC(=O)CCCCCCCCCCCCCC/C=C\C/C=C\C/C=C\CCCCC. The third-order valence-corrected chi connectivity index (χ3v) is 17.8. The Morgan fingerprint density at radius 2 is 0.685 bits per heavy atom. The van der Waals surface area contributed by atoms with Crippen LogP contribution in [0.25, 0.3) is 0 Å². The van der Waals surface area contributed by atoms with Gasteiger partial charge in [0.25, 0.3) is 7.82 Å². The molecule has 0 saturated carbocycles. The van der Waals surface area contributed by atoms with E-state index in [-0.39, 0.29) is 31.5 Å². The van der Waals surface area contributed by atoms with Gasteiger partial charge in [0.2, 0.25) is 5.91 Å². The summed E-state index contributed by atoms with van der Waals surface area (Å²) in [7, 11) is 1.19. The molecular weight excluding hydrogens is 1120 g/mol. The summed E-state index contributed by atoms with van der Waals surface area (Å²) in [5.74, 6) is -0.534. The van der Waals surface area contributed by atoms with Crippen LogP contribution in [-0.4, -0.2) is 69.4 Å². The van der Waals surface area contributed by atoms with Crippen molar-refractivity contribution in [3.63, 3.8) is 0 Å². The average Bonchev–Trinajstić information content (AvgIpc) is 3.70. The van der Waals surface area contributed by atoms with Gasteiger partial charge in [-0.1, -0.05) is 318 Å². The van der Waals surface area contributed by atoms with E-state index in [9.17, 15) is 19.0 Å². The first-order chi connectivity index (χ1) is 43.4. The molecule has 9 nitrogen and oxygen atoms in total. The molecule has 0 aliphatic rings. The number of carbonyl (C=O) groups is 2. The van der Waals surface area contributed by atoms with Gasteiger partial charge in [-0.15, -0.1) is 0 Å². The molecule has 0 rings (SSSR count). The molecule has 1 amide bonds. The van der Waals surface area contributed by atoms with Crippen LogP contribution >= 0.6 is 7.82 Å². The number of ether oxygens (including phenoxy) is 1. The van der Waals surface area contributed by atoms with Crippen molar-refractivity contribution in [3.8, 4) is 0 Å². The van der Waals surface area contributed by atoms with Crippen molar-refractivity contribution in [3.05, 3.63) is 85.1 Å². The Bertz CT molecular complexity index is 1800. The molecule has 0 saturated heterocycles. The summed E-state index contributed by atoms with van der Waals surface area (Å²) in [6.45, 7) is 6.82. The zero-order valence-corrected chi connectivity index (χ0v) is 60.3. The number of unbranched alkanes of at least 4 members (excludes halogenated alkanes) is 41. The summed E-state index contributed by atoms with van der Waals surface area (Å²) in [4.78, 5) is 40.2. The first-order valence-corrected chi connectivity index (χ1v) is 39.4. The molecule has 0 aromatic rings. The highest BCUT2D eigenvalue weighted by molar-refractivity contribution is 7.45. The quantitative estimate of drug-likeness (QED) is 0.0212. The van der Waals surface area contributed by atoms with Gasteiger partial charge in [-0.25, -0.2) is 0 Å². The van der Waals surface area contributed by atoms with E-state index in [0.29, 0.717) is 17.4 Å². The van der Waals surface area contributed by atoms with Gasteiger partial charge in [-0.05, 0) is 109 Å². The number of esters is 1. The van der Waals surface area contributed by atoms with Crippen LogP contribution in [0.1, 0.15) is 355 Å². The Kier molecular flexibility index (Phi) is 65.9. The number of carbonyl (C=O) groups excluding carboxylic acids is 2. The third kappa shape index (κ3) is 69.4. The minimum absolute atomic E-state index is 0.0241. The van der Waals surface area contributed by atoms with Crippen molar-refractivity contribution in [1.82, 2.24) is 5.32 Å². The molecule has 10 heteroatoms. The average molecular weight is 1270 g/mol. The number of likely N-dealkylation sites (N-methyl/N-ethyl adjacent to an activating group) is 1. The summed E-state index contributed by atoms with van der Waals surface area (Å²) in [5.41, 5.74) is 0. The van der Waals surface area contributed by atoms with Gasteiger partial charge in [-0.2, -0.15) is 0 Å². The number of phosphoric ester groups is 1. The van der Waals surface area contributed by atoms with Gasteiger partial charge in [-0.3, -0.25) is 14.2 Å². The Hall–Kier alpha value is -2.81. The second kappa shape index (κ2) is 68.1. The van der Waals surface area contributed by atoms with E-state index in [1.54, 1.807) is 0 Å². The first-order valence-electron chi connectivity index (χ1n) is 37.9. The zero-order valence-electron chi connectivity index (χ0n) is 59.4. The highest BCUT2D eigenvalue weighted by Gasteiger charge is 2.27. The van der Waals surface area contributed by atoms with Crippen molar-refractivity contribution in [1.29, 1.82) is 0 Å². The second-order valence-electron chi connectivity index (χ2n) is 26.8. The van der Waals surface area contributed by atoms with Crippen LogP contribution < -0.4 is 10.2 Å². The van der Waals surface area contributed by atoms with Crippen molar-refractivity contribution in [2.45, 2.75) is 367 Å². The maximum atomic E-state index is 13.6. The number of phosphoric acid groups is 1. The molecule has 0 heterocycles. The fourth-order valence-electron chi connectivity index (χ4n) is 11.0. The Morgan fingerprint density at radius 1 is 0.393 bits per heavy atom. The third-order valence-electron chi connectivity index (χ3n) is 16.8. The summed E-state index contributed by atoms with van der Waals surface area (Å²) in [5, 5.41) is 3.05. The Labute approximate surface area is 552 Å². The van der Waals surface area contributed by atoms with Crippen LogP contribution in [0.4, 0.5) is 0 Å². The summed E-state index contributed by atoms with van der Waals surface area (Å²) < 4.78 is 30.5. The molecule has 3 atom stereocenters. The van der Waals surface area contributed by atoms with Gasteiger partial charge in [0.1, 0.15) is 19.3 Å². The molecule has 3 unspecified atom stereocenters. The minimum Gasteiger partial charge on any atom is -0.756 e. The normalized spacial score (nSPS) is 13.9. The fourth-order valence-corrected chi connectivity index (χ4v) is 11.7. The molecule has 518 valence electrons. The number of nitrogens with one attached hydrogen (secondary N) is 1. The van der Waals surface area contributed by atoms with E-state index in [2.05, 4.69) is 99.0 Å². The van der Waals surface area contributed by atoms with E-state index in [4.69, 9.17) is 13.8 Å². The Balaban J connectivity index is 4.93. The van der Waals surface area contributed by atoms with Crippen LogP contribution in [0.2, 0.25) is 0 Å². The summed E-state index contributed by atoms with van der Waals surface area (Å²) in [6, 6.07) is -0.893. The molecule has 0 spiro atoms. The molecule has 0 radical (unpaired) electrons. The lowest BCUT2D eigenvalue weighted by Crippen LogP contribution is -2.47. The monoisotopic (exact) mass is 1270 g/mol. The van der Waals surface area contributed by atoms with E-state index >= 15 is 0 Å². The maximum absolute atomic E-state index is 13.6. The largest absolute Gasteiger partial charge is 0.756 e. The van der Waals surface area contributed by atoms with E-state index in [1.165, 1.54) is 238 Å². The molecule has 0 aliphatic carbocycles. The number of hydrogen-bond donors (Lipinski definition) is 1. The van der Waals surface area contributed by atoms with Crippen LogP contribution in [0.5, 0.6) is 0 Å². The highest BCUT2D eigenvalue weighted by atomic mass is 31.2. The number of hydrogen-bond acceptors (Lipinski definition) is 7. The molecule has 1 N–H and O–H groups in total. The zero-order chi connectivity index (χ0) is 64.9. The number of allylic oxidation sites excluding steroid dienone is 13. The van der Waals surface area contributed by atoms with Crippen molar-refractivity contribution in [2.24, 2.45) is 0 Å². The van der Waals surface area contributed by atoms with Crippen LogP contribution in [0, 0.1) is 0 Å². The van der Waals surface area contributed by atoms with Crippen molar-refractivity contribution < 1.29 is 37.3 Å². The summed E-state index contributed by atoms with van der Waals surface area (Å²) in [6.07, 6.45) is 91.4. The lowest BCUT2D eigenvalue weighted by molar-refractivity contribution is -0.870. The smallest absolute Gasteiger partial charge is 0.306 e. The lowest BCUT2D eigenvalue weighted by Gasteiger charge is -2.30. The van der Waals surface area contributed by atoms with Crippen molar-refractivity contribution in [2.75, 3.05) is 40.9 Å². The predicted molar refractivity (Wildman–Crippen MR) is 385 cm³/mol. The molecular formula is C79H145N2O7P. The number of nitrogens with zero attached hydrogens (tertiary/aromatic N) is 1. The number of quaternary nitrogens is 1. The minimum atomic E-state index is -4.71. The number of amides is 1. The van der Waals surface area contributed by atoms with Crippen LogP contribution in [-0.2, 0) is 27.9 Å². The predicted octanol–water partition coefficient (Wildman–Crippen LogP) is 23.8. The van der Waals surface area contributed by atoms with E-state index in [1.807, 2.05) is 33.3 Å². The Morgan fingerprint density at radius 3 is 1.04 bits per heavy atom. The fraction of sp³-hybridized carbons (Fsp3) is 0.797. The molecule has 0 aromatic carbocycles. The van der Waals surface area contributed by atoms with Gasteiger partial charge < -0.3 is 28.5 Å². The topological polar surface area (TPSA) is 114 Å². The molecule has 0 aliphatic heterocycles. The number of rotatable bonds is 69. The highest BCUT2D eigenvalue weighted by Crippen LogP contribution is 2.38. The molecule has 89 heavy (non-hydrogen) atoms. The maximum Gasteiger partial charge on any atom is 0.306 e. The van der Waals surface area contributed by atoms with Gasteiger partial charge in [0.05, 0.1) is 33.8 Å². The molecule has 0 fully saturated rings. The molecule has 0 bridgehead atoms. The van der Waals surface area contributed by atoms with Gasteiger partial charge in [0, 0.05) is 12.8 Å². The standard InChI is InChI=1S/C79H145N2O7P/c1-7-10-13-16-19-22-25-27-29-31-33-35-37-39-40-42-43-45-47-49-51-53-56-59-62-65-68-71-78(82)80-76(75-87-89(84,85)86-74-73-81(4,5)6)77(70-67-64-61-58-55-24-21-18-15-12-9-3)88-79(83)72-69-66-63-60-57-54-52-50-48-46-44-41-38-36-34-32-30-28-26-23-20-17-14-11-8-2/h19-20,22-23,27-30,33-36,67,70,76-77H,7-18,21,24-26,31-32,37-66,68-69,71-75H2,1-6H3,(H-,80,82,84,85)/b22-19-,23-20-,29-27-,30-28-,35-33-,36-34-,70-67+. The first kappa shape index (κ1) is 86.2. The van der Waals surface area contributed by atoms with Gasteiger partial charge in [0.15, 0.2) is 0 Å². The van der Waals surface area contributed by atoms with Crippen LogP contribution in [0.15, 0.2) is 85.1 Å². The summed E-state index contributed by atoms with van der Waals surface area (Å²) >= 11 is 0. The van der Waals surface area contributed by atoms with Crippen LogP contribution in [0.3, 0.4) is 0 Å². The molecule has 0 aromatic heterocycles.